The molecular formula is C19H39NO2. The van der Waals surface area contributed by atoms with Gasteiger partial charge < -0.3 is 4.74 Å². The third-order valence-corrected chi connectivity index (χ3v) is 4.26. The number of hydrogen-bond donors (Lipinski definition) is 0. The van der Waals surface area contributed by atoms with Gasteiger partial charge in [0.15, 0.2) is 0 Å². The number of rotatable bonds is 16. The number of ether oxygens (including phenoxy) is 1. The van der Waals surface area contributed by atoms with Gasteiger partial charge in [0.1, 0.15) is 0 Å². The van der Waals surface area contributed by atoms with E-state index in [4.69, 9.17) is 4.74 Å². The second kappa shape index (κ2) is 16.8. The molecule has 0 fully saturated rings. The van der Waals surface area contributed by atoms with E-state index in [9.17, 15) is 4.79 Å². The highest BCUT2D eigenvalue weighted by Gasteiger charge is 2.07. The third kappa shape index (κ3) is 14.4. The minimum absolute atomic E-state index is 0.0734. The van der Waals surface area contributed by atoms with Crippen molar-refractivity contribution < 1.29 is 9.53 Å². The van der Waals surface area contributed by atoms with Gasteiger partial charge in [-0.2, -0.15) is 0 Å². The Morgan fingerprint density at radius 2 is 1.18 bits per heavy atom. The van der Waals surface area contributed by atoms with Crippen LogP contribution in [-0.4, -0.2) is 37.1 Å². The van der Waals surface area contributed by atoms with E-state index >= 15 is 0 Å². The molecule has 0 aliphatic heterocycles. The zero-order valence-corrected chi connectivity index (χ0v) is 15.4. The molecule has 3 nitrogen and oxygen atoms in total. The summed E-state index contributed by atoms with van der Waals surface area (Å²) < 4.78 is 5.28. The Hall–Kier alpha value is -0.570. The molecule has 0 aromatic carbocycles. The van der Waals surface area contributed by atoms with Crippen LogP contribution in [0.2, 0.25) is 0 Å². The number of hydrogen-bond acceptors (Lipinski definition) is 3. The van der Waals surface area contributed by atoms with Gasteiger partial charge in [0, 0.05) is 0 Å². The zero-order valence-electron chi connectivity index (χ0n) is 15.4. The van der Waals surface area contributed by atoms with Crippen molar-refractivity contribution in [2.24, 2.45) is 0 Å². The van der Waals surface area contributed by atoms with Crippen LogP contribution in [0.1, 0.15) is 91.4 Å². The molecule has 0 unspecified atom stereocenters. The lowest BCUT2D eigenvalue weighted by atomic mass is 10.1. The zero-order chi connectivity index (χ0) is 16.5. The summed E-state index contributed by atoms with van der Waals surface area (Å²) in [5.74, 6) is -0.0734. The van der Waals surface area contributed by atoms with E-state index in [1.54, 1.807) is 0 Å². The van der Waals surface area contributed by atoms with Crippen molar-refractivity contribution in [1.82, 2.24) is 4.90 Å². The Labute approximate surface area is 138 Å². The van der Waals surface area contributed by atoms with Gasteiger partial charge >= 0.3 is 5.97 Å². The molecule has 0 atom stereocenters. The van der Waals surface area contributed by atoms with Crippen LogP contribution in [0.15, 0.2) is 0 Å². The number of likely N-dealkylation sites (N-methyl/N-ethyl adjacent to an activating group) is 1. The van der Waals surface area contributed by atoms with Gasteiger partial charge in [-0.05, 0) is 19.5 Å². The van der Waals surface area contributed by atoms with Gasteiger partial charge in [0.25, 0.3) is 0 Å². The first kappa shape index (κ1) is 21.4. The highest BCUT2D eigenvalue weighted by Crippen LogP contribution is 2.11. The lowest BCUT2D eigenvalue weighted by Crippen LogP contribution is -2.30. The fraction of sp³-hybridized carbons (Fsp3) is 0.947. The molecule has 132 valence electrons. The van der Waals surface area contributed by atoms with Crippen molar-refractivity contribution in [3.8, 4) is 0 Å². The second-order valence-corrected chi connectivity index (χ2v) is 6.22. The minimum Gasteiger partial charge on any atom is -0.465 e. The number of carbonyl (C=O) groups is 1. The van der Waals surface area contributed by atoms with Crippen LogP contribution in [0.5, 0.6) is 0 Å². The Bertz CT molecular complexity index is 240. The van der Waals surface area contributed by atoms with E-state index in [1.165, 1.54) is 64.2 Å². The summed E-state index contributed by atoms with van der Waals surface area (Å²) in [6, 6.07) is 0. The summed E-state index contributed by atoms with van der Waals surface area (Å²) in [5.41, 5.74) is 0. The first-order chi connectivity index (χ1) is 10.7. The van der Waals surface area contributed by atoms with E-state index in [0.717, 1.165) is 19.5 Å². The van der Waals surface area contributed by atoms with Gasteiger partial charge in [-0.25, -0.2) is 0 Å². The van der Waals surface area contributed by atoms with Crippen molar-refractivity contribution >= 4 is 5.97 Å². The quantitative estimate of drug-likeness (QED) is 0.290. The SMILES string of the molecule is CCCCCCCCCCCCCOC(=O)CN(CC)CC. The van der Waals surface area contributed by atoms with E-state index in [-0.39, 0.29) is 5.97 Å². The average Bonchev–Trinajstić information content (AvgIpc) is 2.53. The summed E-state index contributed by atoms with van der Waals surface area (Å²) in [6.45, 7) is 9.25. The van der Waals surface area contributed by atoms with Gasteiger partial charge in [-0.1, -0.05) is 85.0 Å². The smallest absolute Gasteiger partial charge is 0.320 e. The average molecular weight is 314 g/mol. The Morgan fingerprint density at radius 3 is 1.64 bits per heavy atom. The molecular weight excluding hydrogens is 274 g/mol. The van der Waals surface area contributed by atoms with Crippen molar-refractivity contribution in [2.45, 2.75) is 91.4 Å². The lowest BCUT2D eigenvalue weighted by molar-refractivity contribution is -0.145. The Kier molecular flexibility index (Phi) is 16.4. The molecule has 0 aromatic rings. The van der Waals surface area contributed by atoms with Crippen LogP contribution < -0.4 is 0 Å². The van der Waals surface area contributed by atoms with Crippen molar-refractivity contribution in [3.63, 3.8) is 0 Å². The molecule has 0 spiro atoms. The minimum atomic E-state index is -0.0734. The van der Waals surface area contributed by atoms with Crippen molar-refractivity contribution in [1.29, 1.82) is 0 Å². The number of unbranched alkanes of at least 4 members (excludes halogenated alkanes) is 10. The molecule has 0 bridgehead atoms. The summed E-state index contributed by atoms with van der Waals surface area (Å²) >= 11 is 0. The molecule has 0 N–H and O–H groups in total. The van der Waals surface area contributed by atoms with E-state index in [0.29, 0.717) is 13.2 Å². The fourth-order valence-corrected chi connectivity index (χ4v) is 2.63. The molecule has 0 saturated carbocycles. The lowest BCUT2D eigenvalue weighted by Gasteiger charge is -2.16. The number of nitrogens with zero attached hydrogens (tertiary/aromatic N) is 1. The maximum Gasteiger partial charge on any atom is 0.320 e. The highest BCUT2D eigenvalue weighted by molar-refractivity contribution is 5.71. The molecule has 0 aromatic heterocycles. The molecule has 0 heterocycles. The summed E-state index contributed by atoms with van der Waals surface area (Å²) in [4.78, 5) is 13.7. The van der Waals surface area contributed by atoms with Crippen LogP contribution >= 0.6 is 0 Å². The van der Waals surface area contributed by atoms with E-state index in [2.05, 4.69) is 25.7 Å². The molecule has 0 radical (unpaired) electrons. The third-order valence-electron chi connectivity index (χ3n) is 4.26. The molecule has 0 aliphatic rings. The summed E-state index contributed by atoms with van der Waals surface area (Å²) in [7, 11) is 0. The maximum absolute atomic E-state index is 11.6. The predicted octanol–water partition coefficient (Wildman–Crippen LogP) is 5.18. The molecule has 0 saturated heterocycles. The molecule has 0 amide bonds. The molecule has 0 aliphatic carbocycles. The van der Waals surface area contributed by atoms with Gasteiger partial charge in [-0.15, -0.1) is 0 Å². The Morgan fingerprint density at radius 1 is 0.727 bits per heavy atom. The van der Waals surface area contributed by atoms with Gasteiger partial charge in [-0.3, -0.25) is 9.69 Å². The monoisotopic (exact) mass is 313 g/mol. The first-order valence-corrected chi connectivity index (χ1v) is 9.62. The number of esters is 1. The second-order valence-electron chi connectivity index (χ2n) is 6.22. The number of carbonyl (C=O) groups excluding carboxylic acids is 1. The summed E-state index contributed by atoms with van der Waals surface area (Å²) in [6.07, 6.45) is 14.5. The van der Waals surface area contributed by atoms with Gasteiger partial charge in [0.2, 0.25) is 0 Å². The molecule has 22 heavy (non-hydrogen) atoms. The van der Waals surface area contributed by atoms with Crippen molar-refractivity contribution in [3.05, 3.63) is 0 Å². The van der Waals surface area contributed by atoms with Crippen LogP contribution in [-0.2, 0) is 9.53 Å². The summed E-state index contributed by atoms with van der Waals surface area (Å²) in [5, 5.41) is 0. The van der Waals surface area contributed by atoms with Gasteiger partial charge in [0.05, 0.1) is 13.2 Å². The predicted molar refractivity (Wildman–Crippen MR) is 95.2 cm³/mol. The highest BCUT2D eigenvalue weighted by atomic mass is 16.5. The fourth-order valence-electron chi connectivity index (χ4n) is 2.63. The Balaban J connectivity index is 3.21. The largest absolute Gasteiger partial charge is 0.465 e. The van der Waals surface area contributed by atoms with Crippen LogP contribution in [0.25, 0.3) is 0 Å². The van der Waals surface area contributed by atoms with Crippen LogP contribution in [0.4, 0.5) is 0 Å². The van der Waals surface area contributed by atoms with Crippen molar-refractivity contribution in [2.75, 3.05) is 26.2 Å². The van der Waals surface area contributed by atoms with E-state index in [1.807, 2.05) is 0 Å². The topological polar surface area (TPSA) is 29.5 Å². The molecule has 3 heteroatoms. The molecule has 0 rings (SSSR count). The first-order valence-electron chi connectivity index (χ1n) is 9.62. The maximum atomic E-state index is 11.6. The standard InChI is InChI=1S/C19H39NO2/c1-4-7-8-9-10-11-12-13-14-15-16-17-22-19(21)18-20(5-2)6-3/h4-18H2,1-3H3. The van der Waals surface area contributed by atoms with Crippen LogP contribution in [0, 0.1) is 0 Å². The van der Waals surface area contributed by atoms with E-state index < -0.39 is 0 Å². The normalized spacial score (nSPS) is 11.1. The van der Waals surface area contributed by atoms with Crippen LogP contribution in [0.3, 0.4) is 0 Å².